The Labute approximate surface area is 95.1 Å². The molecule has 1 aliphatic rings. The van der Waals surface area contributed by atoms with Crippen LogP contribution in [-0.2, 0) is 6.18 Å². The summed E-state index contributed by atoms with van der Waals surface area (Å²) in [5.74, 6) is -0.636. The van der Waals surface area contributed by atoms with Gasteiger partial charge in [-0.25, -0.2) is 0 Å². The van der Waals surface area contributed by atoms with Crippen molar-refractivity contribution < 1.29 is 27.4 Å². The summed E-state index contributed by atoms with van der Waals surface area (Å²) >= 11 is 0. The number of alkyl halides is 3. The standard InChI is InChI=1S/C11H9F3O3/c1-16-10-4-6-8(15)2-3-17-9(6)5-7(10)11(12,13)14/h4-5H,2-3H2,1H3. The molecule has 3 nitrogen and oxygen atoms in total. The zero-order valence-electron chi connectivity index (χ0n) is 8.93. The minimum Gasteiger partial charge on any atom is -0.496 e. The maximum absolute atomic E-state index is 12.7. The predicted molar refractivity (Wildman–Crippen MR) is 52.4 cm³/mol. The first-order valence-corrected chi connectivity index (χ1v) is 4.88. The number of carbonyl (C=O) groups excluding carboxylic acids is 1. The van der Waals surface area contributed by atoms with Crippen molar-refractivity contribution in [2.45, 2.75) is 12.6 Å². The fraction of sp³-hybridized carbons (Fsp3) is 0.364. The van der Waals surface area contributed by atoms with Gasteiger partial charge in [-0.05, 0) is 12.1 Å². The van der Waals surface area contributed by atoms with Crippen LogP contribution in [0.3, 0.4) is 0 Å². The summed E-state index contributed by atoms with van der Waals surface area (Å²) in [7, 11) is 1.13. The van der Waals surface area contributed by atoms with E-state index in [1.165, 1.54) is 0 Å². The highest BCUT2D eigenvalue weighted by atomic mass is 19.4. The smallest absolute Gasteiger partial charge is 0.420 e. The minimum atomic E-state index is -4.54. The first-order valence-electron chi connectivity index (χ1n) is 4.88. The second-order valence-corrected chi connectivity index (χ2v) is 3.57. The lowest BCUT2D eigenvalue weighted by atomic mass is 10.0. The Kier molecular flexibility index (Phi) is 2.73. The van der Waals surface area contributed by atoms with E-state index in [4.69, 9.17) is 4.74 Å². The molecule has 0 saturated carbocycles. The topological polar surface area (TPSA) is 35.5 Å². The largest absolute Gasteiger partial charge is 0.496 e. The van der Waals surface area contributed by atoms with E-state index in [1.54, 1.807) is 0 Å². The Hall–Kier alpha value is -1.72. The van der Waals surface area contributed by atoms with Crippen molar-refractivity contribution >= 4 is 5.78 Å². The van der Waals surface area contributed by atoms with Crippen LogP contribution in [0.5, 0.6) is 11.5 Å². The van der Waals surface area contributed by atoms with E-state index in [0.717, 1.165) is 19.2 Å². The van der Waals surface area contributed by atoms with Gasteiger partial charge in [0.2, 0.25) is 0 Å². The number of benzene rings is 1. The fourth-order valence-corrected chi connectivity index (χ4v) is 1.68. The van der Waals surface area contributed by atoms with Gasteiger partial charge in [0.1, 0.15) is 17.1 Å². The van der Waals surface area contributed by atoms with E-state index in [0.29, 0.717) is 0 Å². The van der Waals surface area contributed by atoms with Gasteiger partial charge in [0, 0.05) is 6.42 Å². The van der Waals surface area contributed by atoms with Gasteiger partial charge in [-0.3, -0.25) is 4.79 Å². The van der Waals surface area contributed by atoms with Gasteiger partial charge in [0.05, 0.1) is 19.3 Å². The average Bonchev–Trinajstić information content (AvgIpc) is 2.27. The number of hydrogen-bond acceptors (Lipinski definition) is 3. The molecule has 92 valence electrons. The summed E-state index contributed by atoms with van der Waals surface area (Å²) in [6, 6.07) is 1.89. The molecule has 2 rings (SSSR count). The number of halogens is 3. The van der Waals surface area contributed by atoms with Gasteiger partial charge < -0.3 is 9.47 Å². The van der Waals surface area contributed by atoms with Gasteiger partial charge in [-0.2, -0.15) is 13.2 Å². The predicted octanol–water partition coefficient (Wildman–Crippen LogP) is 2.68. The highest BCUT2D eigenvalue weighted by Gasteiger charge is 2.36. The summed E-state index contributed by atoms with van der Waals surface area (Å²) in [5.41, 5.74) is -0.797. The van der Waals surface area contributed by atoms with Crippen molar-refractivity contribution in [2.24, 2.45) is 0 Å². The second kappa shape index (κ2) is 3.94. The van der Waals surface area contributed by atoms with Gasteiger partial charge in [0.15, 0.2) is 5.78 Å². The lowest BCUT2D eigenvalue weighted by Gasteiger charge is -2.20. The number of rotatable bonds is 1. The Morgan fingerprint density at radius 1 is 1.35 bits per heavy atom. The van der Waals surface area contributed by atoms with E-state index >= 15 is 0 Å². The molecule has 1 aromatic rings. The summed E-state index contributed by atoms with van der Waals surface area (Å²) < 4.78 is 47.8. The zero-order chi connectivity index (χ0) is 12.6. The molecule has 0 N–H and O–H groups in total. The lowest BCUT2D eigenvalue weighted by Crippen LogP contribution is -2.17. The SMILES string of the molecule is COc1cc2c(cc1C(F)(F)F)OCCC2=O. The van der Waals surface area contributed by atoms with Crippen molar-refractivity contribution in [2.75, 3.05) is 13.7 Å². The van der Waals surface area contributed by atoms with Crippen molar-refractivity contribution in [1.29, 1.82) is 0 Å². The molecule has 17 heavy (non-hydrogen) atoms. The van der Waals surface area contributed by atoms with Gasteiger partial charge in [-0.1, -0.05) is 0 Å². The minimum absolute atomic E-state index is 0.0330. The van der Waals surface area contributed by atoms with Gasteiger partial charge in [0.25, 0.3) is 0 Å². The van der Waals surface area contributed by atoms with E-state index in [-0.39, 0.29) is 35.9 Å². The Bertz CT molecular complexity index is 466. The third kappa shape index (κ3) is 2.07. The molecule has 0 unspecified atom stereocenters. The Morgan fingerprint density at radius 3 is 2.65 bits per heavy atom. The molecule has 0 spiro atoms. The molecule has 0 fully saturated rings. The molecule has 0 bridgehead atoms. The summed E-state index contributed by atoms with van der Waals surface area (Å²) in [6.45, 7) is 0.107. The van der Waals surface area contributed by atoms with Crippen LogP contribution in [0.4, 0.5) is 13.2 Å². The molecule has 0 atom stereocenters. The number of hydrogen-bond donors (Lipinski definition) is 0. The maximum Gasteiger partial charge on any atom is 0.420 e. The van der Waals surface area contributed by atoms with Crippen LogP contribution in [0.1, 0.15) is 22.3 Å². The number of ketones is 1. The first-order chi connectivity index (χ1) is 7.93. The van der Waals surface area contributed by atoms with Crippen LogP contribution in [-0.4, -0.2) is 19.5 Å². The molecule has 6 heteroatoms. The van der Waals surface area contributed by atoms with Crippen LogP contribution in [0, 0.1) is 0 Å². The normalized spacial score (nSPS) is 15.2. The zero-order valence-corrected chi connectivity index (χ0v) is 8.93. The highest BCUT2D eigenvalue weighted by Crippen LogP contribution is 2.41. The number of carbonyl (C=O) groups is 1. The molecule has 0 amide bonds. The van der Waals surface area contributed by atoms with Crippen LogP contribution in [0.15, 0.2) is 12.1 Å². The monoisotopic (exact) mass is 246 g/mol. The number of fused-ring (bicyclic) bond motifs is 1. The van der Waals surface area contributed by atoms with Crippen molar-refractivity contribution in [1.82, 2.24) is 0 Å². The molecule has 1 heterocycles. The van der Waals surface area contributed by atoms with Crippen LogP contribution >= 0.6 is 0 Å². The summed E-state index contributed by atoms with van der Waals surface area (Å²) in [6.07, 6.45) is -4.37. The van der Waals surface area contributed by atoms with Crippen molar-refractivity contribution in [3.8, 4) is 11.5 Å². The van der Waals surface area contributed by atoms with Crippen LogP contribution in [0.2, 0.25) is 0 Å². The molecular weight excluding hydrogens is 237 g/mol. The average molecular weight is 246 g/mol. The maximum atomic E-state index is 12.7. The van der Waals surface area contributed by atoms with E-state index < -0.39 is 11.7 Å². The van der Waals surface area contributed by atoms with Crippen molar-refractivity contribution in [3.05, 3.63) is 23.3 Å². The third-order valence-corrected chi connectivity index (χ3v) is 2.49. The number of Topliss-reactive ketones (excluding diaryl/α,β-unsaturated/α-hetero) is 1. The molecule has 0 radical (unpaired) electrons. The summed E-state index contributed by atoms with van der Waals surface area (Å²) in [5, 5.41) is 0. The van der Waals surface area contributed by atoms with Gasteiger partial charge >= 0.3 is 6.18 Å². The molecule has 0 aromatic heterocycles. The molecule has 0 aliphatic carbocycles. The molecule has 0 saturated heterocycles. The summed E-state index contributed by atoms with van der Waals surface area (Å²) in [4.78, 5) is 11.5. The van der Waals surface area contributed by atoms with Crippen LogP contribution in [0.25, 0.3) is 0 Å². The van der Waals surface area contributed by atoms with Gasteiger partial charge in [-0.15, -0.1) is 0 Å². The Balaban J connectivity index is 2.60. The Morgan fingerprint density at radius 2 is 2.06 bits per heavy atom. The van der Waals surface area contributed by atoms with E-state index in [9.17, 15) is 18.0 Å². The fourth-order valence-electron chi connectivity index (χ4n) is 1.68. The second-order valence-electron chi connectivity index (χ2n) is 3.57. The number of methoxy groups -OCH3 is 1. The highest BCUT2D eigenvalue weighted by molar-refractivity contribution is 6.00. The number of ether oxygens (including phenoxy) is 2. The van der Waals surface area contributed by atoms with Crippen LogP contribution < -0.4 is 9.47 Å². The first kappa shape index (κ1) is 11.8. The van der Waals surface area contributed by atoms with Crippen molar-refractivity contribution in [3.63, 3.8) is 0 Å². The lowest BCUT2D eigenvalue weighted by molar-refractivity contribution is -0.138. The molecule has 1 aliphatic heterocycles. The van der Waals surface area contributed by atoms with E-state index in [1.807, 2.05) is 0 Å². The molecular formula is C11H9F3O3. The van der Waals surface area contributed by atoms with E-state index in [2.05, 4.69) is 4.74 Å². The quantitative estimate of drug-likeness (QED) is 0.764. The third-order valence-electron chi connectivity index (χ3n) is 2.49. The molecule has 1 aromatic carbocycles.